The summed E-state index contributed by atoms with van der Waals surface area (Å²) in [6, 6.07) is 2.12. The summed E-state index contributed by atoms with van der Waals surface area (Å²) < 4.78 is 2.12. The molecule has 0 saturated carbocycles. The van der Waals surface area contributed by atoms with E-state index < -0.39 is 0 Å². The van der Waals surface area contributed by atoms with E-state index in [1.807, 2.05) is 27.7 Å². The Morgan fingerprint density at radius 2 is 1.50 bits per heavy atom. The van der Waals surface area contributed by atoms with Gasteiger partial charge in [0.25, 0.3) is 0 Å². The highest BCUT2D eigenvalue weighted by molar-refractivity contribution is 5.26. The van der Waals surface area contributed by atoms with E-state index in [1.54, 1.807) is 0 Å². The molecular formula is C13H25N. The normalized spacial score (nSPS) is 11.4. The van der Waals surface area contributed by atoms with Crippen LogP contribution in [0.2, 0.25) is 0 Å². The quantitative estimate of drug-likeness (QED) is 0.600. The van der Waals surface area contributed by atoms with Crippen LogP contribution in [0.25, 0.3) is 12.2 Å². The van der Waals surface area contributed by atoms with Gasteiger partial charge in [0.2, 0.25) is 0 Å². The fourth-order valence-electron chi connectivity index (χ4n) is 1.18. The summed E-state index contributed by atoms with van der Waals surface area (Å²) >= 11 is 0. The van der Waals surface area contributed by atoms with Crippen molar-refractivity contribution in [2.45, 2.75) is 41.5 Å². The van der Waals surface area contributed by atoms with Gasteiger partial charge >= 0.3 is 0 Å². The Morgan fingerprint density at radius 1 is 1.00 bits per heavy atom. The number of nitrogens with zero attached hydrogens (tertiary/aromatic N) is 1. The van der Waals surface area contributed by atoms with Crippen LogP contribution in [0, 0.1) is 0 Å². The molecule has 0 aliphatic rings. The topological polar surface area (TPSA) is 4.93 Å². The average molecular weight is 195 g/mol. The molecule has 0 aliphatic heterocycles. The fraction of sp³-hybridized carbons (Fsp3) is 0.538. The number of aromatic nitrogens is 1. The SMILES string of the molecule is C/C=c1/ccn(C)/c1=C/C.CC.CC. The Labute approximate surface area is 88.8 Å². The summed E-state index contributed by atoms with van der Waals surface area (Å²) in [5, 5.41) is 2.60. The largest absolute Gasteiger partial charge is 0.351 e. The molecule has 0 atom stereocenters. The van der Waals surface area contributed by atoms with Gasteiger partial charge in [-0.2, -0.15) is 0 Å². The third kappa shape index (κ3) is 4.31. The van der Waals surface area contributed by atoms with Crippen LogP contribution < -0.4 is 10.6 Å². The number of aryl methyl sites for hydroxylation is 1. The van der Waals surface area contributed by atoms with Crippen LogP contribution in [0.1, 0.15) is 41.5 Å². The van der Waals surface area contributed by atoms with Crippen LogP contribution in [0.3, 0.4) is 0 Å². The third-order valence-electron chi connectivity index (χ3n) is 1.74. The Hall–Kier alpha value is -0.980. The smallest absolute Gasteiger partial charge is 0.0430 e. The van der Waals surface area contributed by atoms with Crippen molar-refractivity contribution in [2.75, 3.05) is 0 Å². The second-order valence-electron chi connectivity index (χ2n) is 2.34. The molecular weight excluding hydrogens is 170 g/mol. The predicted octanol–water partition coefficient (Wildman–Crippen LogP) is 2.68. The van der Waals surface area contributed by atoms with E-state index in [0.29, 0.717) is 0 Å². The summed E-state index contributed by atoms with van der Waals surface area (Å²) in [6.45, 7) is 12.1. The Bertz CT molecular complexity index is 317. The molecule has 0 radical (unpaired) electrons. The van der Waals surface area contributed by atoms with Crippen LogP contribution >= 0.6 is 0 Å². The first-order valence-electron chi connectivity index (χ1n) is 5.53. The molecule has 0 fully saturated rings. The van der Waals surface area contributed by atoms with Gasteiger partial charge in [-0.1, -0.05) is 39.8 Å². The van der Waals surface area contributed by atoms with E-state index in [0.717, 1.165) is 0 Å². The minimum atomic E-state index is 1.29. The molecule has 0 bridgehead atoms. The Kier molecular flexibility index (Phi) is 11.2. The van der Waals surface area contributed by atoms with E-state index in [9.17, 15) is 0 Å². The highest BCUT2D eigenvalue weighted by atomic mass is 14.9. The number of hydrogen-bond acceptors (Lipinski definition) is 0. The lowest BCUT2D eigenvalue weighted by molar-refractivity contribution is 0.887. The maximum Gasteiger partial charge on any atom is 0.0430 e. The van der Waals surface area contributed by atoms with E-state index >= 15 is 0 Å². The molecule has 1 aromatic rings. The maximum atomic E-state index is 2.12. The van der Waals surface area contributed by atoms with Crippen LogP contribution in [0.5, 0.6) is 0 Å². The monoisotopic (exact) mass is 195 g/mol. The zero-order valence-electron chi connectivity index (χ0n) is 10.8. The van der Waals surface area contributed by atoms with E-state index in [-0.39, 0.29) is 0 Å². The summed E-state index contributed by atoms with van der Waals surface area (Å²) in [4.78, 5) is 0. The van der Waals surface area contributed by atoms with Crippen molar-refractivity contribution in [1.82, 2.24) is 4.57 Å². The standard InChI is InChI=1S/C9H13N.2C2H6/c1-4-8-6-7-10(3)9(8)5-2;2*1-2/h4-7H,1-3H3;2*1-2H3/b8-4-,9-5+;;. The van der Waals surface area contributed by atoms with Crippen LogP contribution in [0.4, 0.5) is 0 Å². The molecule has 14 heavy (non-hydrogen) atoms. The van der Waals surface area contributed by atoms with Gasteiger partial charge in [0.05, 0.1) is 0 Å². The summed E-state index contributed by atoms with van der Waals surface area (Å²) in [5.41, 5.74) is 0. The molecule has 1 nitrogen and oxygen atoms in total. The average Bonchev–Trinajstić information content (AvgIpc) is 2.64. The molecule has 1 rings (SSSR count). The molecule has 0 amide bonds. The van der Waals surface area contributed by atoms with Crippen molar-refractivity contribution in [1.29, 1.82) is 0 Å². The van der Waals surface area contributed by atoms with Gasteiger partial charge in [0, 0.05) is 18.6 Å². The predicted molar refractivity (Wildman–Crippen MR) is 67.6 cm³/mol. The molecule has 1 aromatic heterocycles. The van der Waals surface area contributed by atoms with Crippen molar-refractivity contribution in [3.05, 3.63) is 22.8 Å². The summed E-state index contributed by atoms with van der Waals surface area (Å²) in [5.74, 6) is 0. The highest BCUT2D eigenvalue weighted by Gasteiger charge is 1.85. The van der Waals surface area contributed by atoms with Crippen LogP contribution in [0.15, 0.2) is 12.3 Å². The van der Waals surface area contributed by atoms with E-state index in [4.69, 9.17) is 0 Å². The van der Waals surface area contributed by atoms with Gasteiger partial charge in [0.1, 0.15) is 0 Å². The lowest BCUT2D eigenvalue weighted by Gasteiger charge is -1.87. The first kappa shape index (κ1) is 15.5. The molecule has 1 heterocycles. The Morgan fingerprint density at radius 3 is 1.79 bits per heavy atom. The van der Waals surface area contributed by atoms with E-state index in [2.05, 4.69) is 49.9 Å². The minimum Gasteiger partial charge on any atom is -0.351 e. The summed E-state index contributed by atoms with van der Waals surface area (Å²) in [7, 11) is 2.06. The molecule has 82 valence electrons. The van der Waals surface area contributed by atoms with Gasteiger partial charge in [0.15, 0.2) is 0 Å². The Balaban J connectivity index is 0. The third-order valence-corrected chi connectivity index (χ3v) is 1.74. The second kappa shape index (κ2) is 10.1. The minimum absolute atomic E-state index is 1.29. The lowest BCUT2D eigenvalue weighted by Crippen LogP contribution is -2.26. The number of rotatable bonds is 0. The van der Waals surface area contributed by atoms with Gasteiger partial charge in [-0.15, -0.1) is 0 Å². The molecule has 0 aromatic carbocycles. The summed E-state index contributed by atoms with van der Waals surface area (Å²) in [6.07, 6.45) is 6.31. The van der Waals surface area contributed by atoms with Crippen LogP contribution in [-0.4, -0.2) is 4.57 Å². The zero-order chi connectivity index (χ0) is 11.6. The van der Waals surface area contributed by atoms with Crippen LogP contribution in [-0.2, 0) is 7.05 Å². The molecule has 0 saturated heterocycles. The van der Waals surface area contributed by atoms with Gasteiger partial charge in [-0.05, 0) is 25.1 Å². The molecule has 0 spiro atoms. The fourth-order valence-corrected chi connectivity index (χ4v) is 1.18. The lowest BCUT2D eigenvalue weighted by atomic mass is 10.4. The number of hydrogen-bond donors (Lipinski definition) is 0. The van der Waals surface area contributed by atoms with Gasteiger partial charge in [-0.3, -0.25) is 0 Å². The maximum absolute atomic E-state index is 2.12. The zero-order valence-corrected chi connectivity index (χ0v) is 10.8. The molecule has 1 heteroatoms. The second-order valence-corrected chi connectivity index (χ2v) is 2.34. The van der Waals surface area contributed by atoms with Crippen molar-refractivity contribution in [3.63, 3.8) is 0 Å². The highest BCUT2D eigenvalue weighted by Crippen LogP contribution is 1.70. The van der Waals surface area contributed by atoms with E-state index in [1.165, 1.54) is 10.6 Å². The van der Waals surface area contributed by atoms with Crippen molar-refractivity contribution < 1.29 is 0 Å². The molecule has 0 aliphatic carbocycles. The van der Waals surface area contributed by atoms with Crippen molar-refractivity contribution in [2.24, 2.45) is 7.05 Å². The molecule has 0 unspecified atom stereocenters. The van der Waals surface area contributed by atoms with Gasteiger partial charge in [-0.25, -0.2) is 0 Å². The van der Waals surface area contributed by atoms with Crippen molar-refractivity contribution >= 4 is 12.2 Å². The van der Waals surface area contributed by atoms with Crippen molar-refractivity contribution in [3.8, 4) is 0 Å². The first-order chi connectivity index (χ1) is 6.79. The first-order valence-corrected chi connectivity index (χ1v) is 5.53. The molecule has 0 N–H and O–H groups in total. The van der Waals surface area contributed by atoms with Gasteiger partial charge < -0.3 is 4.57 Å².